The maximum atomic E-state index is 6.14. The molecular weight excluding hydrogens is 234 g/mol. The van der Waals surface area contributed by atoms with Crippen LogP contribution < -0.4 is 5.32 Å². The van der Waals surface area contributed by atoms with Crippen LogP contribution in [0.25, 0.3) is 0 Å². The van der Waals surface area contributed by atoms with Gasteiger partial charge in [0.2, 0.25) is 0 Å². The Kier molecular flexibility index (Phi) is 7.23. The van der Waals surface area contributed by atoms with E-state index in [2.05, 4.69) is 12.2 Å². The van der Waals surface area contributed by atoms with E-state index in [-0.39, 0.29) is 0 Å². The van der Waals surface area contributed by atoms with E-state index < -0.39 is 0 Å². The molecule has 2 unspecified atom stereocenters. The van der Waals surface area contributed by atoms with Gasteiger partial charge in [-0.3, -0.25) is 0 Å². The van der Waals surface area contributed by atoms with Crippen LogP contribution in [0.3, 0.4) is 0 Å². The second kappa shape index (κ2) is 8.97. The van der Waals surface area contributed by atoms with Crippen molar-refractivity contribution in [3.8, 4) is 0 Å². The maximum absolute atomic E-state index is 6.14. The van der Waals surface area contributed by atoms with Crippen LogP contribution in [0.5, 0.6) is 0 Å². The lowest BCUT2D eigenvalue weighted by Crippen LogP contribution is -2.33. The lowest BCUT2D eigenvalue weighted by Gasteiger charge is -2.31. The second-order valence-electron chi connectivity index (χ2n) is 6.50. The van der Waals surface area contributed by atoms with Crippen LogP contribution in [0.1, 0.15) is 77.6 Å². The van der Waals surface area contributed by atoms with Crippen LogP contribution >= 0.6 is 0 Å². The number of ether oxygens (including phenoxy) is 1. The van der Waals surface area contributed by atoms with Gasteiger partial charge in [0, 0.05) is 12.6 Å². The zero-order chi connectivity index (χ0) is 13.3. The third-order valence-corrected chi connectivity index (χ3v) is 5.05. The van der Waals surface area contributed by atoms with Gasteiger partial charge in [0.25, 0.3) is 0 Å². The standard InChI is InChI=1S/C17H33NO/c1-2-15-9-6-7-12-17(15)19-14-8-13-18-16-10-4-3-5-11-16/h15-18H,2-14H2,1H3. The summed E-state index contributed by atoms with van der Waals surface area (Å²) in [4.78, 5) is 0. The van der Waals surface area contributed by atoms with Gasteiger partial charge in [-0.05, 0) is 44.6 Å². The minimum absolute atomic E-state index is 0.563. The number of hydrogen-bond donors (Lipinski definition) is 1. The summed E-state index contributed by atoms with van der Waals surface area (Å²) in [5, 5.41) is 3.70. The zero-order valence-electron chi connectivity index (χ0n) is 12.8. The van der Waals surface area contributed by atoms with E-state index >= 15 is 0 Å². The quantitative estimate of drug-likeness (QED) is 0.695. The van der Waals surface area contributed by atoms with Crippen molar-refractivity contribution in [1.82, 2.24) is 5.32 Å². The predicted octanol–water partition coefficient (Wildman–Crippen LogP) is 4.28. The van der Waals surface area contributed by atoms with E-state index in [1.807, 2.05) is 0 Å². The SMILES string of the molecule is CCC1CCCCC1OCCCNC1CCCCC1. The molecule has 2 atom stereocenters. The maximum Gasteiger partial charge on any atom is 0.0603 e. The van der Waals surface area contributed by atoms with E-state index in [0.717, 1.165) is 25.1 Å². The van der Waals surface area contributed by atoms with E-state index in [4.69, 9.17) is 4.74 Å². The normalized spacial score (nSPS) is 29.5. The minimum Gasteiger partial charge on any atom is -0.378 e. The van der Waals surface area contributed by atoms with Crippen molar-refractivity contribution in [2.45, 2.75) is 89.7 Å². The zero-order valence-corrected chi connectivity index (χ0v) is 12.8. The van der Waals surface area contributed by atoms with Crippen molar-refractivity contribution in [3.63, 3.8) is 0 Å². The van der Waals surface area contributed by atoms with Gasteiger partial charge < -0.3 is 10.1 Å². The third-order valence-electron chi connectivity index (χ3n) is 5.05. The Morgan fingerprint density at radius 2 is 1.68 bits per heavy atom. The second-order valence-corrected chi connectivity index (χ2v) is 6.50. The third kappa shape index (κ3) is 5.43. The van der Waals surface area contributed by atoms with E-state index in [0.29, 0.717) is 6.10 Å². The summed E-state index contributed by atoms with van der Waals surface area (Å²) in [7, 11) is 0. The molecule has 0 radical (unpaired) electrons. The number of hydrogen-bond acceptors (Lipinski definition) is 2. The first-order valence-corrected chi connectivity index (χ1v) is 8.75. The monoisotopic (exact) mass is 267 g/mol. The predicted molar refractivity (Wildman–Crippen MR) is 81.5 cm³/mol. The lowest BCUT2D eigenvalue weighted by molar-refractivity contribution is -0.0129. The molecule has 2 nitrogen and oxygen atoms in total. The molecule has 2 fully saturated rings. The molecule has 2 aliphatic rings. The molecule has 0 aromatic carbocycles. The van der Waals surface area contributed by atoms with Crippen molar-refractivity contribution in [3.05, 3.63) is 0 Å². The summed E-state index contributed by atoms with van der Waals surface area (Å²) in [5.41, 5.74) is 0. The topological polar surface area (TPSA) is 21.3 Å². The summed E-state index contributed by atoms with van der Waals surface area (Å²) in [6.45, 7) is 4.42. The molecule has 0 amide bonds. The molecule has 19 heavy (non-hydrogen) atoms. The fourth-order valence-corrected chi connectivity index (χ4v) is 3.78. The van der Waals surface area contributed by atoms with Crippen molar-refractivity contribution >= 4 is 0 Å². The van der Waals surface area contributed by atoms with Gasteiger partial charge in [-0.1, -0.05) is 45.4 Å². The van der Waals surface area contributed by atoms with Crippen molar-refractivity contribution in [2.24, 2.45) is 5.92 Å². The average Bonchev–Trinajstić information content (AvgIpc) is 2.48. The largest absolute Gasteiger partial charge is 0.378 e. The van der Waals surface area contributed by atoms with Gasteiger partial charge in [-0.15, -0.1) is 0 Å². The van der Waals surface area contributed by atoms with Gasteiger partial charge in [-0.25, -0.2) is 0 Å². The van der Waals surface area contributed by atoms with Gasteiger partial charge in [-0.2, -0.15) is 0 Å². The molecule has 0 bridgehead atoms. The Morgan fingerprint density at radius 1 is 0.947 bits per heavy atom. The van der Waals surface area contributed by atoms with Crippen LogP contribution in [-0.2, 0) is 4.74 Å². The Hall–Kier alpha value is -0.0800. The summed E-state index contributed by atoms with van der Waals surface area (Å²) in [6.07, 6.45) is 15.6. The van der Waals surface area contributed by atoms with Crippen LogP contribution in [0, 0.1) is 5.92 Å². The Morgan fingerprint density at radius 3 is 2.47 bits per heavy atom. The summed E-state index contributed by atoms with van der Waals surface area (Å²) in [5.74, 6) is 0.833. The summed E-state index contributed by atoms with van der Waals surface area (Å²) in [6, 6.07) is 0.798. The van der Waals surface area contributed by atoms with Crippen LogP contribution in [0.15, 0.2) is 0 Å². The van der Waals surface area contributed by atoms with Crippen LogP contribution in [-0.4, -0.2) is 25.3 Å². The van der Waals surface area contributed by atoms with E-state index in [1.165, 1.54) is 70.6 Å². The fourth-order valence-electron chi connectivity index (χ4n) is 3.78. The van der Waals surface area contributed by atoms with Crippen LogP contribution in [0.4, 0.5) is 0 Å². The first-order chi connectivity index (χ1) is 9.40. The number of nitrogens with one attached hydrogen (secondary N) is 1. The first-order valence-electron chi connectivity index (χ1n) is 8.75. The van der Waals surface area contributed by atoms with Gasteiger partial charge in [0.05, 0.1) is 6.10 Å². The van der Waals surface area contributed by atoms with Gasteiger partial charge >= 0.3 is 0 Å². The van der Waals surface area contributed by atoms with Crippen molar-refractivity contribution < 1.29 is 4.74 Å². The molecule has 0 saturated heterocycles. The molecular formula is C17H33NO. The Bertz CT molecular complexity index is 225. The summed E-state index contributed by atoms with van der Waals surface area (Å²) >= 11 is 0. The molecule has 2 aliphatic carbocycles. The highest BCUT2D eigenvalue weighted by Crippen LogP contribution is 2.29. The average molecular weight is 267 g/mol. The highest BCUT2D eigenvalue weighted by atomic mass is 16.5. The molecule has 2 rings (SSSR count). The van der Waals surface area contributed by atoms with Crippen LogP contribution in [0.2, 0.25) is 0 Å². The molecule has 2 heteroatoms. The van der Waals surface area contributed by atoms with Crippen molar-refractivity contribution in [2.75, 3.05) is 13.2 Å². The van der Waals surface area contributed by atoms with E-state index in [1.54, 1.807) is 0 Å². The fraction of sp³-hybridized carbons (Fsp3) is 1.00. The highest BCUT2D eigenvalue weighted by Gasteiger charge is 2.23. The number of rotatable bonds is 7. The molecule has 1 N–H and O–H groups in total. The Labute approximate surface area is 119 Å². The molecule has 2 saturated carbocycles. The molecule has 0 spiro atoms. The van der Waals surface area contributed by atoms with Gasteiger partial charge in [0.1, 0.15) is 0 Å². The van der Waals surface area contributed by atoms with Gasteiger partial charge in [0.15, 0.2) is 0 Å². The minimum atomic E-state index is 0.563. The smallest absolute Gasteiger partial charge is 0.0603 e. The molecule has 0 aromatic rings. The lowest BCUT2D eigenvalue weighted by atomic mass is 9.85. The summed E-state index contributed by atoms with van der Waals surface area (Å²) < 4.78 is 6.14. The molecule has 112 valence electrons. The van der Waals surface area contributed by atoms with Crippen molar-refractivity contribution in [1.29, 1.82) is 0 Å². The first kappa shape index (κ1) is 15.3. The molecule has 0 aliphatic heterocycles. The van der Waals surface area contributed by atoms with E-state index in [9.17, 15) is 0 Å². The highest BCUT2D eigenvalue weighted by molar-refractivity contribution is 4.75. The molecule has 0 aromatic heterocycles. The Balaban J connectivity index is 1.51. The molecule has 0 heterocycles.